The Morgan fingerprint density at radius 1 is 1.24 bits per heavy atom. The van der Waals surface area contributed by atoms with Crippen LogP contribution in [-0.2, 0) is 19.4 Å². The summed E-state index contributed by atoms with van der Waals surface area (Å²) < 4.78 is 2.18. The number of rotatable bonds is 5. The maximum atomic E-state index is 6.35. The van der Waals surface area contributed by atoms with Crippen LogP contribution < -0.4 is 0 Å². The lowest BCUT2D eigenvalue weighted by molar-refractivity contribution is 0.672. The molecule has 3 rings (SSSR count). The van der Waals surface area contributed by atoms with E-state index < -0.39 is 0 Å². The fourth-order valence-electron chi connectivity index (χ4n) is 2.43. The minimum atomic E-state index is 0.553. The van der Waals surface area contributed by atoms with E-state index in [1.54, 1.807) is 11.3 Å². The van der Waals surface area contributed by atoms with Gasteiger partial charge in [0.25, 0.3) is 0 Å². The van der Waals surface area contributed by atoms with Gasteiger partial charge in [0.1, 0.15) is 5.82 Å². The van der Waals surface area contributed by atoms with Crippen LogP contribution in [0.25, 0.3) is 11.0 Å². The molecule has 0 fully saturated rings. The van der Waals surface area contributed by atoms with Gasteiger partial charge in [-0.25, -0.2) is 9.97 Å². The van der Waals surface area contributed by atoms with Crippen molar-refractivity contribution in [3.05, 3.63) is 45.1 Å². The monoisotopic (exact) mass is 339 g/mol. The number of benzene rings is 1. The fourth-order valence-corrected chi connectivity index (χ4v) is 3.64. The van der Waals surface area contributed by atoms with Gasteiger partial charge in [-0.2, -0.15) is 0 Å². The third-order valence-electron chi connectivity index (χ3n) is 3.33. The molecule has 0 amide bonds. The van der Waals surface area contributed by atoms with Crippen molar-refractivity contribution in [3.8, 4) is 0 Å². The number of imidazole rings is 1. The Morgan fingerprint density at radius 3 is 2.81 bits per heavy atom. The highest BCUT2D eigenvalue weighted by atomic mass is 35.5. The molecule has 110 valence electrons. The van der Waals surface area contributed by atoms with E-state index in [2.05, 4.69) is 19.9 Å². The van der Waals surface area contributed by atoms with Crippen molar-refractivity contribution in [1.29, 1.82) is 0 Å². The Hall–Kier alpha value is -1.10. The fraction of sp³-hybridized carbons (Fsp3) is 0.333. The van der Waals surface area contributed by atoms with Gasteiger partial charge in [0.05, 0.1) is 21.1 Å². The molecule has 21 heavy (non-hydrogen) atoms. The lowest BCUT2D eigenvalue weighted by Crippen LogP contribution is -2.07. The first-order valence-corrected chi connectivity index (χ1v) is 8.59. The number of thiazole rings is 1. The molecule has 3 nitrogen and oxygen atoms in total. The summed E-state index contributed by atoms with van der Waals surface area (Å²) in [6.45, 7) is 2.84. The Labute approximate surface area is 137 Å². The number of aryl methyl sites for hydroxylation is 4. The Bertz CT molecular complexity index is 763. The third-order valence-corrected chi connectivity index (χ3v) is 4.85. The van der Waals surface area contributed by atoms with Gasteiger partial charge in [-0.1, -0.05) is 17.7 Å². The number of aromatic nitrogens is 3. The van der Waals surface area contributed by atoms with Gasteiger partial charge in [0.2, 0.25) is 0 Å². The number of nitrogens with zero attached hydrogens (tertiary/aromatic N) is 3. The van der Waals surface area contributed by atoms with Crippen molar-refractivity contribution in [2.45, 2.75) is 26.3 Å². The highest BCUT2D eigenvalue weighted by molar-refractivity contribution is 7.09. The lowest BCUT2D eigenvalue weighted by Gasteiger charge is -2.08. The molecule has 2 aromatic heterocycles. The SMILES string of the molecule is Cc1csc(CCn2c(CCCl)nc3cccc(Cl)c32)n1. The predicted octanol–water partition coefficient (Wildman–Crippen LogP) is 4.48. The molecule has 0 unspecified atom stereocenters. The summed E-state index contributed by atoms with van der Waals surface area (Å²) in [7, 11) is 0. The first-order chi connectivity index (χ1) is 10.2. The summed E-state index contributed by atoms with van der Waals surface area (Å²) in [5.41, 5.74) is 3.00. The van der Waals surface area contributed by atoms with E-state index in [1.807, 2.05) is 25.1 Å². The molecule has 6 heteroatoms. The maximum Gasteiger partial charge on any atom is 0.111 e. The molecule has 0 spiro atoms. The molecular formula is C15H15Cl2N3S. The molecule has 0 aliphatic carbocycles. The summed E-state index contributed by atoms with van der Waals surface area (Å²) >= 11 is 14.0. The molecule has 0 saturated heterocycles. The van der Waals surface area contributed by atoms with Crippen LogP contribution in [0.1, 0.15) is 16.5 Å². The molecule has 0 bridgehead atoms. The van der Waals surface area contributed by atoms with Gasteiger partial charge in [-0.15, -0.1) is 22.9 Å². The lowest BCUT2D eigenvalue weighted by atomic mass is 10.3. The number of hydrogen-bond donors (Lipinski definition) is 0. The average Bonchev–Trinajstić information content (AvgIpc) is 3.01. The first kappa shape index (κ1) is 14.8. The van der Waals surface area contributed by atoms with E-state index in [0.29, 0.717) is 5.88 Å². The molecule has 0 N–H and O–H groups in total. The van der Waals surface area contributed by atoms with Crippen molar-refractivity contribution < 1.29 is 0 Å². The summed E-state index contributed by atoms with van der Waals surface area (Å²) in [5.74, 6) is 1.54. The smallest absolute Gasteiger partial charge is 0.111 e. The van der Waals surface area contributed by atoms with Crippen LogP contribution in [0.2, 0.25) is 5.02 Å². The second-order valence-electron chi connectivity index (χ2n) is 4.86. The van der Waals surface area contributed by atoms with E-state index in [9.17, 15) is 0 Å². The van der Waals surface area contributed by atoms with Crippen LogP contribution in [0.4, 0.5) is 0 Å². The molecule has 3 aromatic rings. The van der Waals surface area contributed by atoms with Gasteiger partial charge in [-0.05, 0) is 19.1 Å². The highest BCUT2D eigenvalue weighted by Gasteiger charge is 2.13. The minimum Gasteiger partial charge on any atom is -0.326 e. The average molecular weight is 340 g/mol. The van der Waals surface area contributed by atoms with Crippen molar-refractivity contribution in [2.75, 3.05) is 5.88 Å². The molecule has 0 aliphatic rings. The van der Waals surface area contributed by atoms with Crippen LogP contribution in [0.15, 0.2) is 23.6 Å². The van der Waals surface area contributed by atoms with Crippen LogP contribution in [0.5, 0.6) is 0 Å². The summed E-state index contributed by atoms with van der Waals surface area (Å²) in [5, 5.41) is 3.95. The summed E-state index contributed by atoms with van der Waals surface area (Å²) in [4.78, 5) is 9.17. The van der Waals surface area contributed by atoms with Crippen LogP contribution in [0.3, 0.4) is 0 Å². The quantitative estimate of drug-likeness (QED) is 0.641. The topological polar surface area (TPSA) is 30.7 Å². The minimum absolute atomic E-state index is 0.553. The molecule has 0 atom stereocenters. The first-order valence-electron chi connectivity index (χ1n) is 6.79. The second-order valence-corrected chi connectivity index (χ2v) is 6.59. The van der Waals surface area contributed by atoms with Crippen molar-refractivity contribution >= 4 is 45.6 Å². The zero-order chi connectivity index (χ0) is 14.8. The number of fused-ring (bicyclic) bond motifs is 1. The Balaban J connectivity index is 1.96. The molecule has 0 aliphatic heterocycles. The largest absolute Gasteiger partial charge is 0.326 e. The van der Waals surface area contributed by atoms with E-state index >= 15 is 0 Å². The molecule has 0 saturated carbocycles. The Morgan fingerprint density at radius 2 is 2.10 bits per heavy atom. The zero-order valence-electron chi connectivity index (χ0n) is 11.6. The van der Waals surface area contributed by atoms with E-state index in [1.165, 1.54) is 0 Å². The molecule has 2 heterocycles. The highest BCUT2D eigenvalue weighted by Crippen LogP contribution is 2.25. The van der Waals surface area contributed by atoms with Crippen molar-refractivity contribution in [2.24, 2.45) is 0 Å². The van der Waals surface area contributed by atoms with E-state index in [4.69, 9.17) is 23.2 Å². The Kier molecular flexibility index (Phi) is 4.48. The summed E-state index contributed by atoms with van der Waals surface area (Å²) in [6.07, 6.45) is 1.62. The molecule has 1 aromatic carbocycles. The van der Waals surface area contributed by atoms with Crippen molar-refractivity contribution in [3.63, 3.8) is 0 Å². The van der Waals surface area contributed by atoms with E-state index in [-0.39, 0.29) is 0 Å². The van der Waals surface area contributed by atoms with E-state index in [0.717, 1.165) is 52.0 Å². The standard InChI is InChI=1S/C15H15Cl2N3S/c1-10-9-21-14(18-10)6-8-20-13(5-7-16)19-12-4-2-3-11(17)15(12)20/h2-4,9H,5-8H2,1H3. The molecule has 0 radical (unpaired) electrons. The number of para-hydroxylation sites is 1. The normalized spacial score (nSPS) is 11.4. The number of alkyl halides is 1. The van der Waals surface area contributed by atoms with Gasteiger partial charge >= 0.3 is 0 Å². The predicted molar refractivity (Wildman–Crippen MR) is 89.7 cm³/mol. The third kappa shape index (κ3) is 3.07. The van der Waals surface area contributed by atoms with Gasteiger partial charge in [0.15, 0.2) is 0 Å². The van der Waals surface area contributed by atoms with Crippen LogP contribution >= 0.6 is 34.5 Å². The maximum absolute atomic E-state index is 6.35. The van der Waals surface area contributed by atoms with Crippen molar-refractivity contribution in [1.82, 2.24) is 14.5 Å². The number of hydrogen-bond acceptors (Lipinski definition) is 3. The van der Waals surface area contributed by atoms with Gasteiger partial charge < -0.3 is 4.57 Å². The van der Waals surface area contributed by atoms with Crippen LogP contribution in [0, 0.1) is 6.92 Å². The van der Waals surface area contributed by atoms with Gasteiger partial charge in [0, 0.05) is 36.3 Å². The summed E-state index contributed by atoms with van der Waals surface area (Å²) in [6, 6.07) is 5.82. The van der Waals surface area contributed by atoms with Gasteiger partial charge in [-0.3, -0.25) is 0 Å². The van der Waals surface area contributed by atoms with Crippen LogP contribution in [-0.4, -0.2) is 20.4 Å². The second kappa shape index (κ2) is 6.34. The zero-order valence-corrected chi connectivity index (χ0v) is 14.0. The molecular weight excluding hydrogens is 325 g/mol. The number of halogens is 2.